The van der Waals surface area contributed by atoms with Gasteiger partial charge in [-0.3, -0.25) is 0 Å². The van der Waals surface area contributed by atoms with Crippen LogP contribution in [0.5, 0.6) is 0 Å². The number of carbonyl (C=O) groups excluding carboxylic acids is 1. The van der Waals surface area contributed by atoms with Crippen molar-refractivity contribution in [3.05, 3.63) is 0 Å². The number of aliphatic hydroxyl groups excluding tert-OH is 1. The number of alkyl carbamates (subject to hydrolysis) is 1. The first kappa shape index (κ1) is 9.70. The van der Waals surface area contributed by atoms with Crippen LogP contribution in [0.2, 0.25) is 0 Å². The fraction of sp³-hybridized carbons (Fsp3) is 0.600. The first-order valence-corrected chi connectivity index (χ1v) is 2.80. The molecule has 0 aliphatic rings. The lowest BCUT2D eigenvalue weighted by Gasteiger charge is -2.05. The average molecular weight is 163 g/mol. The molecule has 0 aromatic carbocycles. The summed E-state index contributed by atoms with van der Waals surface area (Å²) in [5.41, 5.74) is 0. The third-order valence-corrected chi connectivity index (χ3v) is 0.910. The second kappa shape index (κ2) is 4.51. The molecule has 64 valence electrons. The molecule has 0 bridgehead atoms. The minimum absolute atomic E-state index is 0.359. The van der Waals surface area contributed by atoms with Crippen LogP contribution in [0.4, 0.5) is 4.79 Å². The Morgan fingerprint density at radius 1 is 1.64 bits per heavy atom. The summed E-state index contributed by atoms with van der Waals surface area (Å²) in [6.45, 7) is -0.359. The summed E-state index contributed by atoms with van der Waals surface area (Å²) in [4.78, 5) is 20.3. The Balaban J connectivity index is 3.54. The number of carboxylic acid groups (broad SMARTS) is 1. The fourth-order valence-corrected chi connectivity index (χ4v) is 0.339. The van der Waals surface area contributed by atoms with Crippen LogP contribution in [-0.2, 0) is 9.53 Å². The minimum Gasteiger partial charge on any atom is -0.479 e. The van der Waals surface area contributed by atoms with Crippen molar-refractivity contribution < 1.29 is 24.5 Å². The van der Waals surface area contributed by atoms with Gasteiger partial charge in [-0.2, -0.15) is 0 Å². The van der Waals surface area contributed by atoms with E-state index in [4.69, 9.17) is 10.2 Å². The number of rotatable bonds is 3. The molecule has 6 nitrogen and oxygen atoms in total. The maximum absolute atomic E-state index is 10.3. The zero-order chi connectivity index (χ0) is 8.85. The minimum atomic E-state index is -1.59. The summed E-state index contributed by atoms with van der Waals surface area (Å²) < 4.78 is 4.13. The molecule has 1 atom stereocenters. The molecule has 0 aromatic rings. The Labute approximate surface area is 62.8 Å². The van der Waals surface area contributed by atoms with E-state index in [1.54, 1.807) is 0 Å². The van der Waals surface area contributed by atoms with Crippen LogP contribution in [0.3, 0.4) is 0 Å². The van der Waals surface area contributed by atoms with Gasteiger partial charge >= 0.3 is 12.1 Å². The fourth-order valence-electron chi connectivity index (χ4n) is 0.339. The second-order valence-electron chi connectivity index (χ2n) is 1.73. The van der Waals surface area contributed by atoms with E-state index in [1.165, 1.54) is 0 Å². The van der Waals surface area contributed by atoms with Gasteiger partial charge in [-0.1, -0.05) is 0 Å². The molecular formula is C5H9NO5. The summed E-state index contributed by atoms with van der Waals surface area (Å²) in [5.74, 6) is -1.39. The van der Waals surface area contributed by atoms with Crippen molar-refractivity contribution in [2.75, 3.05) is 13.7 Å². The van der Waals surface area contributed by atoms with Crippen LogP contribution in [0.1, 0.15) is 0 Å². The molecule has 0 spiro atoms. The van der Waals surface area contributed by atoms with Crippen molar-refractivity contribution in [2.24, 2.45) is 0 Å². The van der Waals surface area contributed by atoms with Gasteiger partial charge in [0.15, 0.2) is 6.10 Å². The monoisotopic (exact) mass is 163 g/mol. The van der Waals surface area contributed by atoms with Crippen molar-refractivity contribution in [3.8, 4) is 0 Å². The van der Waals surface area contributed by atoms with Crippen LogP contribution >= 0.6 is 0 Å². The number of aliphatic carboxylic acids is 1. The zero-order valence-electron chi connectivity index (χ0n) is 5.90. The number of methoxy groups -OCH3 is 1. The SMILES string of the molecule is COC(=O)NCC(O)C(=O)O. The molecule has 1 amide bonds. The highest BCUT2D eigenvalue weighted by Crippen LogP contribution is 1.80. The lowest BCUT2D eigenvalue weighted by Crippen LogP contribution is -2.36. The predicted molar refractivity (Wildman–Crippen MR) is 34.1 cm³/mol. The predicted octanol–water partition coefficient (Wildman–Crippen LogP) is -1.21. The number of amides is 1. The van der Waals surface area contributed by atoms with Crippen molar-refractivity contribution in [3.63, 3.8) is 0 Å². The highest BCUT2D eigenvalue weighted by atomic mass is 16.5. The van der Waals surface area contributed by atoms with E-state index in [0.717, 1.165) is 7.11 Å². The Kier molecular flexibility index (Phi) is 3.97. The zero-order valence-corrected chi connectivity index (χ0v) is 5.90. The second-order valence-corrected chi connectivity index (χ2v) is 1.73. The van der Waals surface area contributed by atoms with Crippen molar-refractivity contribution in [1.82, 2.24) is 5.32 Å². The summed E-state index contributed by atoms with van der Waals surface area (Å²) in [6.07, 6.45) is -2.36. The van der Waals surface area contributed by atoms with E-state index in [0.29, 0.717) is 0 Å². The molecule has 0 aromatic heterocycles. The molecule has 0 heterocycles. The van der Waals surface area contributed by atoms with Gasteiger partial charge in [-0.05, 0) is 0 Å². The van der Waals surface area contributed by atoms with E-state index in [-0.39, 0.29) is 6.54 Å². The quantitative estimate of drug-likeness (QED) is 0.485. The van der Waals surface area contributed by atoms with E-state index in [9.17, 15) is 9.59 Å². The number of hydrogen-bond donors (Lipinski definition) is 3. The molecule has 6 heteroatoms. The maximum Gasteiger partial charge on any atom is 0.406 e. The molecule has 1 unspecified atom stereocenters. The molecular weight excluding hydrogens is 154 g/mol. The van der Waals surface area contributed by atoms with Gasteiger partial charge in [-0.25, -0.2) is 9.59 Å². The Hall–Kier alpha value is -1.30. The third-order valence-electron chi connectivity index (χ3n) is 0.910. The molecule has 0 fully saturated rings. The summed E-state index contributed by atoms with van der Waals surface area (Å²) >= 11 is 0. The van der Waals surface area contributed by atoms with Crippen molar-refractivity contribution in [2.45, 2.75) is 6.10 Å². The summed E-state index contributed by atoms with van der Waals surface area (Å²) in [5, 5.41) is 18.7. The van der Waals surface area contributed by atoms with Gasteiger partial charge in [0.05, 0.1) is 13.7 Å². The van der Waals surface area contributed by atoms with E-state index >= 15 is 0 Å². The molecule has 0 saturated carbocycles. The van der Waals surface area contributed by atoms with Gasteiger partial charge in [0.2, 0.25) is 0 Å². The number of ether oxygens (including phenoxy) is 1. The summed E-state index contributed by atoms with van der Waals surface area (Å²) in [6, 6.07) is 0. The number of nitrogens with one attached hydrogen (secondary N) is 1. The van der Waals surface area contributed by atoms with Crippen molar-refractivity contribution in [1.29, 1.82) is 0 Å². The lowest BCUT2D eigenvalue weighted by atomic mass is 10.4. The van der Waals surface area contributed by atoms with Gasteiger partial charge in [0, 0.05) is 0 Å². The van der Waals surface area contributed by atoms with Gasteiger partial charge in [0.25, 0.3) is 0 Å². The topological polar surface area (TPSA) is 95.9 Å². The standard InChI is InChI=1S/C5H9NO5/c1-11-5(10)6-2-3(7)4(8)9/h3,7H,2H2,1H3,(H,6,10)(H,8,9). The molecule has 11 heavy (non-hydrogen) atoms. The lowest BCUT2D eigenvalue weighted by molar-refractivity contribution is -0.146. The summed E-state index contributed by atoms with van der Waals surface area (Å²) in [7, 11) is 1.14. The van der Waals surface area contributed by atoms with Crippen LogP contribution < -0.4 is 5.32 Å². The molecule has 0 radical (unpaired) electrons. The Morgan fingerprint density at radius 3 is 2.55 bits per heavy atom. The van der Waals surface area contributed by atoms with E-state index in [1.807, 2.05) is 5.32 Å². The molecule has 0 saturated heterocycles. The smallest absolute Gasteiger partial charge is 0.406 e. The van der Waals surface area contributed by atoms with Gasteiger partial charge in [-0.15, -0.1) is 0 Å². The molecule has 3 N–H and O–H groups in total. The van der Waals surface area contributed by atoms with Gasteiger partial charge < -0.3 is 20.3 Å². The molecule has 0 aliphatic heterocycles. The largest absolute Gasteiger partial charge is 0.479 e. The van der Waals surface area contributed by atoms with Crippen molar-refractivity contribution >= 4 is 12.1 Å². The van der Waals surface area contributed by atoms with Crippen LogP contribution in [0.25, 0.3) is 0 Å². The maximum atomic E-state index is 10.3. The average Bonchev–Trinajstić information content (AvgIpc) is 1.99. The number of carboxylic acids is 1. The van der Waals surface area contributed by atoms with Crippen LogP contribution in [-0.4, -0.2) is 42.0 Å². The first-order chi connectivity index (χ1) is 5.07. The van der Waals surface area contributed by atoms with Crippen LogP contribution in [0.15, 0.2) is 0 Å². The van der Waals surface area contributed by atoms with E-state index < -0.39 is 18.2 Å². The third kappa shape index (κ3) is 4.15. The Morgan fingerprint density at radius 2 is 2.18 bits per heavy atom. The number of carbonyl (C=O) groups is 2. The van der Waals surface area contributed by atoms with Gasteiger partial charge in [0.1, 0.15) is 0 Å². The number of hydrogen-bond acceptors (Lipinski definition) is 4. The highest BCUT2D eigenvalue weighted by Gasteiger charge is 2.13. The Bertz CT molecular complexity index is 157. The molecule has 0 rings (SSSR count). The first-order valence-electron chi connectivity index (χ1n) is 2.80. The van der Waals surface area contributed by atoms with E-state index in [2.05, 4.69) is 4.74 Å². The highest BCUT2D eigenvalue weighted by molar-refractivity contribution is 5.74. The normalized spacial score (nSPS) is 11.8. The van der Waals surface area contributed by atoms with Crippen LogP contribution in [0, 0.1) is 0 Å². The number of aliphatic hydroxyl groups is 1. The molecule has 0 aliphatic carbocycles.